The van der Waals surface area contributed by atoms with Crippen LogP contribution in [0.15, 0.2) is 29.6 Å². The van der Waals surface area contributed by atoms with Crippen molar-refractivity contribution in [1.82, 2.24) is 4.98 Å². The first-order chi connectivity index (χ1) is 5.67. The maximum atomic E-state index is 8.31. The van der Waals surface area contributed by atoms with Crippen molar-refractivity contribution in [2.24, 2.45) is 5.11 Å². The van der Waals surface area contributed by atoms with Gasteiger partial charge in [0, 0.05) is 17.3 Å². The Hall–Kier alpha value is -1.54. The highest BCUT2D eigenvalue weighted by Crippen LogP contribution is 2.23. The van der Waals surface area contributed by atoms with Gasteiger partial charge < -0.3 is 0 Å². The van der Waals surface area contributed by atoms with Crippen molar-refractivity contribution in [2.45, 2.75) is 19.4 Å². The van der Waals surface area contributed by atoms with E-state index in [9.17, 15) is 0 Å². The number of azide groups is 1. The van der Waals surface area contributed by atoms with Crippen molar-refractivity contribution in [3.63, 3.8) is 0 Å². The highest BCUT2D eigenvalue weighted by molar-refractivity contribution is 5.19. The van der Waals surface area contributed by atoms with E-state index in [1.54, 1.807) is 12.4 Å². The van der Waals surface area contributed by atoms with E-state index in [0.29, 0.717) is 0 Å². The molecule has 0 aliphatic carbocycles. The van der Waals surface area contributed by atoms with Crippen molar-refractivity contribution < 1.29 is 0 Å². The first kappa shape index (κ1) is 8.56. The molecule has 0 aliphatic rings. The Morgan fingerprint density at radius 2 is 2.00 bits per heavy atom. The zero-order chi connectivity index (χ0) is 9.03. The van der Waals surface area contributed by atoms with Crippen LogP contribution in [0.3, 0.4) is 0 Å². The van der Waals surface area contributed by atoms with Gasteiger partial charge in [-0.3, -0.25) is 4.98 Å². The summed E-state index contributed by atoms with van der Waals surface area (Å²) < 4.78 is 0. The molecule has 0 aliphatic heterocycles. The summed E-state index contributed by atoms with van der Waals surface area (Å²) in [6.07, 6.45) is 3.37. The second-order valence-corrected chi connectivity index (χ2v) is 2.98. The Balaban J connectivity index is 3.05. The summed E-state index contributed by atoms with van der Waals surface area (Å²) in [4.78, 5) is 6.67. The van der Waals surface area contributed by atoms with Gasteiger partial charge in [-0.2, -0.15) is 0 Å². The third kappa shape index (κ3) is 1.74. The summed E-state index contributed by atoms with van der Waals surface area (Å²) in [6, 6.07) is 3.68. The predicted octanol–water partition coefficient (Wildman–Crippen LogP) is 2.63. The molecule has 0 amide bonds. The molecule has 12 heavy (non-hydrogen) atoms. The largest absolute Gasteiger partial charge is 0.265 e. The normalized spacial score (nSPS) is 10.5. The Bertz CT molecular complexity index is 298. The summed E-state index contributed by atoms with van der Waals surface area (Å²) in [5, 5.41) is 3.68. The average molecular weight is 162 g/mol. The Morgan fingerprint density at radius 3 is 2.50 bits per heavy atom. The molecule has 1 rings (SSSR count). The zero-order valence-corrected chi connectivity index (χ0v) is 7.10. The summed E-state index contributed by atoms with van der Waals surface area (Å²) in [6.45, 7) is 3.73. The van der Waals surface area contributed by atoms with Gasteiger partial charge in [-0.05, 0) is 23.2 Å². The van der Waals surface area contributed by atoms with Gasteiger partial charge in [0.25, 0.3) is 0 Å². The second kappa shape index (κ2) is 3.24. The molecule has 4 nitrogen and oxygen atoms in total. The van der Waals surface area contributed by atoms with E-state index >= 15 is 0 Å². The highest BCUT2D eigenvalue weighted by atomic mass is 15.2. The molecule has 1 heterocycles. The van der Waals surface area contributed by atoms with Gasteiger partial charge >= 0.3 is 0 Å². The van der Waals surface area contributed by atoms with Gasteiger partial charge in [-0.1, -0.05) is 19.0 Å². The Kier molecular flexibility index (Phi) is 2.31. The quantitative estimate of drug-likeness (QED) is 0.374. The van der Waals surface area contributed by atoms with Crippen LogP contribution in [0.1, 0.15) is 19.4 Å². The smallest absolute Gasteiger partial charge is 0.0682 e. The van der Waals surface area contributed by atoms with Crippen LogP contribution >= 0.6 is 0 Å². The topological polar surface area (TPSA) is 61.7 Å². The van der Waals surface area contributed by atoms with Gasteiger partial charge in [-0.15, -0.1) is 0 Å². The molecule has 1 aromatic rings. The highest BCUT2D eigenvalue weighted by Gasteiger charge is 2.17. The fourth-order valence-electron chi connectivity index (χ4n) is 0.929. The molecular weight excluding hydrogens is 152 g/mol. The van der Waals surface area contributed by atoms with Crippen LogP contribution in [-0.2, 0) is 5.54 Å². The molecule has 4 heteroatoms. The first-order valence-corrected chi connectivity index (χ1v) is 3.63. The van der Waals surface area contributed by atoms with Crippen molar-refractivity contribution in [3.05, 3.63) is 40.5 Å². The third-order valence-corrected chi connectivity index (χ3v) is 1.68. The first-order valence-electron chi connectivity index (χ1n) is 3.63. The minimum Gasteiger partial charge on any atom is -0.265 e. The molecule has 0 saturated carbocycles. The van der Waals surface area contributed by atoms with Gasteiger partial charge in [0.05, 0.1) is 5.54 Å². The number of hydrogen-bond acceptors (Lipinski definition) is 2. The second-order valence-electron chi connectivity index (χ2n) is 2.98. The van der Waals surface area contributed by atoms with Crippen LogP contribution in [-0.4, -0.2) is 4.98 Å². The molecule has 0 spiro atoms. The van der Waals surface area contributed by atoms with E-state index in [2.05, 4.69) is 15.0 Å². The molecule has 0 radical (unpaired) electrons. The number of rotatable bonds is 2. The van der Waals surface area contributed by atoms with Crippen LogP contribution in [0.4, 0.5) is 0 Å². The summed E-state index contributed by atoms with van der Waals surface area (Å²) in [5.74, 6) is 0. The van der Waals surface area contributed by atoms with Crippen LogP contribution in [0.2, 0.25) is 0 Å². The lowest BCUT2D eigenvalue weighted by molar-refractivity contribution is 0.549. The fraction of sp³-hybridized carbons (Fsp3) is 0.375. The van der Waals surface area contributed by atoms with E-state index < -0.39 is 5.54 Å². The molecule has 0 saturated heterocycles. The van der Waals surface area contributed by atoms with E-state index in [0.717, 1.165) is 5.56 Å². The van der Waals surface area contributed by atoms with Crippen LogP contribution in [0, 0.1) is 0 Å². The molecule has 0 bridgehead atoms. The van der Waals surface area contributed by atoms with Gasteiger partial charge in [-0.25, -0.2) is 0 Å². The molecule has 0 N–H and O–H groups in total. The van der Waals surface area contributed by atoms with Crippen LogP contribution in [0.25, 0.3) is 10.4 Å². The van der Waals surface area contributed by atoms with Gasteiger partial charge in [0.15, 0.2) is 0 Å². The average Bonchev–Trinajstić information content (AvgIpc) is 2.06. The molecule has 1 aromatic heterocycles. The van der Waals surface area contributed by atoms with Crippen LogP contribution in [0.5, 0.6) is 0 Å². The molecule has 0 fully saturated rings. The molecular formula is C8H10N4. The minimum atomic E-state index is -0.488. The predicted molar refractivity (Wildman–Crippen MR) is 46.4 cm³/mol. The van der Waals surface area contributed by atoms with Crippen LogP contribution < -0.4 is 0 Å². The summed E-state index contributed by atoms with van der Waals surface area (Å²) >= 11 is 0. The third-order valence-electron chi connectivity index (χ3n) is 1.68. The van der Waals surface area contributed by atoms with E-state index in [-0.39, 0.29) is 0 Å². The van der Waals surface area contributed by atoms with Crippen molar-refractivity contribution >= 4 is 0 Å². The summed E-state index contributed by atoms with van der Waals surface area (Å²) in [5.41, 5.74) is 8.79. The number of pyridine rings is 1. The number of nitrogens with zero attached hydrogens (tertiary/aromatic N) is 4. The maximum Gasteiger partial charge on any atom is 0.0682 e. The fourth-order valence-corrected chi connectivity index (χ4v) is 0.929. The van der Waals surface area contributed by atoms with E-state index in [1.807, 2.05) is 26.0 Å². The zero-order valence-electron chi connectivity index (χ0n) is 7.10. The number of hydrogen-bond donors (Lipinski definition) is 0. The van der Waals surface area contributed by atoms with E-state index in [4.69, 9.17) is 5.53 Å². The van der Waals surface area contributed by atoms with Gasteiger partial charge in [0.2, 0.25) is 0 Å². The maximum absolute atomic E-state index is 8.31. The lowest BCUT2D eigenvalue weighted by Crippen LogP contribution is -2.12. The van der Waals surface area contributed by atoms with Crippen molar-refractivity contribution in [1.29, 1.82) is 0 Å². The van der Waals surface area contributed by atoms with Crippen molar-refractivity contribution in [2.75, 3.05) is 0 Å². The van der Waals surface area contributed by atoms with E-state index in [1.165, 1.54) is 0 Å². The number of aromatic nitrogens is 1. The molecule has 62 valence electrons. The monoisotopic (exact) mass is 162 g/mol. The lowest BCUT2D eigenvalue weighted by Gasteiger charge is -2.17. The standard InChI is InChI=1S/C8H10N4/c1-8(2,11-12-9)7-3-5-10-6-4-7/h3-6H,1-2H3. The van der Waals surface area contributed by atoms with Crippen molar-refractivity contribution in [3.8, 4) is 0 Å². The summed E-state index contributed by atoms with van der Waals surface area (Å²) in [7, 11) is 0. The molecule has 0 unspecified atom stereocenters. The SMILES string of the molecule is CC(C)(N=[N+]=[N-])c1ccncc1. The molecule has 0 atom stereocenters. The Morgan fingerprint density at radius 1 is 1.42 bits per heavy atom. The lowest BCUT2D eigenvalue weighted by atomic mass is 9.97. The minimum absolute atomic E-state index is 0.488. The van der Waals surface area contributed by atoms with Gasteiger partial charge in [0.1, 0.15) is 0 Å². The molecule has 0 aromatic carbocycles. The Labute approximate surface area is 70.9 Å².